The number of nitrogens with zero attached hydrogens (tertiary/aromatic N) is 2. The van der Waals surface area contributed by atoms with Crippen molar-refractivity contribution in [3.63, 3.8) is 0 Å². The molecular weight excluding hydrogens is 242 g/mol. The zero-order chi connectivity index (χ0) is 13.5. The molecule has 2 aromatic rings. The Bertz CT molecular complexity index is 555. The minimum Gasteiger partial charge on any atom is -0.378 e. The number of pyridine rings is 1. The Hall–Kier alpha value is -2.53. The average molecular weight is 255 g/mol. The van der Waals surface area contributed by atoms with Gasteiger partial charge in [-0.3, -0.25) is 9.78 Å². The highest BCUT2D eigenvalue weighted by atomic mass is 16.3. The molecule has 0 aliphatic carbocycles. The number of aliphatic hydroxyl groups is 1. The van der Waals surface area contributed by atoms with E-state index in [1.807, 2.05) is 6.07 Å². The number of hydrazone groups is 1. The number of aliphatic hydroxyl groups excluding tert-OH is 1. The summed E-state index contributed by atoms with van der Waals surface area (Å²) in [5.41, 5.74) is 3.63. The van der Waals surface area contributed by atoms with E-state index in [1.165, 1.54) is 6.21 Å². The lowest BCUT2D eigenvalue weighted by atomic mass is 10.1. The third kappa shape index (κ3) is 3.72. The van der Waals surface area contributed by atoms with Crippen LogP contribution < -0.4 is 5.43 Å². The quantitative estimate of drug-likeness (QED) is 0.638. The van der Waals surface area contributed by atoms with Gasteiger partial charge in [0.05, 0.1) is 6.21 Å². The summed E-state index contributed by atoms with van der Waals surface area (Å²) in [6.07, 6.45) is 3.51. The molecule has 0 bridgehead atoms. The molecule has 5 nitrogen and oxygen atoms in total. The molecule has 0 aliphatic heterocycles. The topological polar surface area (TPSA) is 74.6 Å². The number of carbonyl (C=O) groups excluding carboxylic acids is 1. The maximum Gasteiger partial charge on any atom is 0.273 e. The third-order valence-electron chi connectivity index (χ3n) is 2.46. The minimum absolute atomic E-state index is 0.527. The van der Waals surface area contributed by atoms with E-state index in [0.717, 1.165) is 5.56 Å². The summed E-state index contributed by atoms with van der Waals surface area (Å²) in [5, 5.41) is 13.6. The van der Waals surface area contributed by atoms with Crippen LogP contribution in [-0.2, 0) is 4.79 Å². The zero-order valence-corrected chi connectivity index (χ0v) is 10.1. The van der Waals surface area contributed by atoms with Gasteiger partial charge < -0.3 is 5.11 Å². The van der Waals surface area contributed by atoms with Gasteiger partial charge in [-0.1, -0.05) is 30.3 Å². The number of carbonyl (C=O) groups is 1. The van der Waals surface area contributed by atoms with Crippen molar-refractivity contribution in [2.24, 2.45) is 5.10 Å². The standard InChI is InChI=1S/C14H13N3O2/c18-13(12-4-2-1-3-5-12)14(19)17-16-10-11-6-8-15-9-7-11/h1-10,13,18H,(H,17,19)/b16-10-/t13-/m0/s1. The fourth-order valence-electron chi connectivity index (χ4n) is 1.47. The summed E-state index contributed by atoms with van der Waals surface area (Å²) in [4.78, 5) is 15.5. The number of benzene rings is 1. The predicted molar refractivity (Wildman–Crippen MR) is 71.4 cm³/mol. The molecule has 0 aliphatic rings. The molecule has 0 spiro atoms. The van der Waals surface area contributed by atoms with E-state index < -0.39 is 12.0 Å². The first-order valence-electron chi connectivity index (χ1n) is 5.73. The maximum atomic E-state index is 11.6. The lowest BCUT2D eigenvalue weighted by molar-refractivity contribution is -0.129. The molecule has 0 unspecified atom stereocenters. The second kappa shape index (κ2) is 6.42. The monoisotopic (exact) mass is 255 g/mol. The van der Waals surface area contributed by atoms with E-state index in [-0.39, 0.29) is 0 Å². The van der Waals surface area contributed by atoms with Crippen LogP contribution in [0.15, 0.2) is 60.0 Å². The van der Waals surface area contributed by atoms with E-state index in [0.29, 0.717) is 5.56 Å². The van der Waals surface area contributed by atoms with Gasteiger partial charge in [0.1, 0.15) is 0 Å². The van der Waals surface area contributed by atoms with Crippen LogP contribution in [0.3, 0.4) is 0 Å². The van der Waals surface area contributed by atoms with Gasteiger partial charge in [-0.15, -0.1) is 0 Å². The van der Waals surface area contributed by atoms with E-state index in [1.54, 1.807) is 48.8 Å². The summed E-state index contributed by atoms with van der Waals surface area (Å²) >= 11 is 0. The summed E-state index contributed by atoms with van der Waals surface area (Å²) in [7, 11) is 0. The maximum absolute atomic E-state index is 11.6. The van der Waals surface area contributed by atoms with Crippen LogP contribution in [-0.4, -0.2) is 22.2 Å². The average Bonchev–Trinajstić information content (AvgIpc) is 2.48. The highest BCUT2D eigenvalue weighted by Crippen LogP contribution is 2.11. The van der Waals surface area contributed by atoms with Gasteiger partial charge in [-0.25, -0.2) is 5.43 Å². The van der Waals surface area contributed by atoms with Crippen molar-refractivity contribution in [3.8, 4) is 0 Å². The van der Waals surface area contributed by atoms with E-state index in [2.05, 4.69) is 15.5 Å². The first-order valence-corrected chi connectivity index (χ1v) is 5.73. The molecule has 1 aromatic carbocycles. The van der Waals surface area contributed by atoms with Gasteiger partial charge in [-0.05, 0) is 23.3 Å². The van der Waals surface area contributed by atoms with E-state index >= 15 is 0 Å². The van der Waals surface area contributed by atoms with Crippen molar-refractivity contribution in [3.05, 3.63) is 66.0 Å². The Morgan fingerprint density at radius 1 is 1.21 bits per heavy atom. The van der Waals surface area contributed by atoms with Crippen molar-refractivity contribution < 1.29 is 9.90 Å². The van der Waals surface area contributed by atoms with E-state index in [4.69, 9.17) is 0 Å². The van der Waals surface area contributed by atoms with Crippen molar-refractivity contribution in [1.82, 2.24) is 10.4 Å². The number of rotatable bonds is 4. The fraction of sp³-hybridized carbons (Fsp3) is 0.0714. The van der Waals surface area contributed by atoms with Gasteiger partial charge in [0.15, 0.2) is 6.10 Å². The molecule has 1 atom stereocenters. The third-order valence-corrected chi connectivity index (χ3v) is 2.46. The van der Waals surface area contributed by atoms with Gasteiger partial charge in [0.25, 0.3) is 5.91 Å². The number of amides is 1. The predicted octanol–water partition coefficient (Wildman–Crippen LogP) is 1.27. The smallest absolute Gasteiger partial charge is 0.273 e. The van der Waals surface area contributed by atoms with Crippen LogP contribution in [0.1, 0.15) is 17.2 Å². The fourth-order valence-corrected chi connectivity index (χ4v) is 1.47. The Morgan fingerprint density at radius 3 is 2.58 bits per heavy atom. The Morgan fingerprint density at radius 2 is 1.89 bits per heavy atom. The van der Waals surface area contributed by atoms with Crippen molar-refractivity contribution >= 4 is 12.1 Å². The lowest BCUT2D eigenvalue weighted by Gasteiger charge is -2.08. The first kappa shape index (κ1) is 12.9. The molecule has 1 aromatic heterocycles. The van der Waals surface area contributed by atoms with Crippen molar-refractivity contribution in [1.29, 1.82) is 0 Å². The molecule has 1 amide bonds. The summed E-state index contributed by atoms with van der Waals surface area (Å²) in [5.74, 6) is -0.573. The normalized spacial score (nSPS) is 12.3. The second-order valence-electron chi connectivity index (χ2n) is 3.83. The lowest BCUT2D eigenvalue weighted by Crippen LogP contribution is -2.25. The molecule has 96 valence electrons. The van der Waals surface area contributed by atoms with Gasteiger partial charge >= 0.3 is 0 Å². The molecule has 5 heteroatoms. The molecule has 2 rings (SSSR count). The summed E-state index contributed by atoms with van der Waals surface area (Å²) in [6, 6.07) is 12.2. The molecule has 0 fully saturated rings. The Kier molecular flexibility index (Phi) is 4.36. The molecule has 0 saturated heterocycles. The van der Waals surface area contributed by atoms with Crippen molar-refractivity contribution in [2.75, 3.05) is 0 Å². The number of aromatic nitrogens is 1. The largest absolute Gasteiger partial charge is 0.378 e. The molecule has 19 heavy (non-hydrogen) atoms. The highest BCUT2D eigenvalue weighted by Gasteiger charge is 2.15. The van der Waals surface area contributed by atoms with Crippen LogP contribution >= 0.6 is 0 Å². The molecule has 0 saturated carbocycles. The van der Waals surface area contributed by atoms with Crippen LogP contribution in [0, 0.1) is 0 Å². The van der Waals surface area contributed by atoms with Gasteiger partial charge in [0, 0.05) is 12.4 Å². The van der Waals surface area contributed by atoms with Gasteiger partial charge in [0.2, 0.25) is 0 Å². The molecule has 1 heterocycles. The van der Waals surface area contributed by atoms with Crippen molar-refractivity contribution in [2.45, 2.75) is 6.10 Å². The second-order valence-corrected chi connectivity index (χ2v) is 3.83. The minimum atomic E-state index is -1.23. The summed E-state index contributed by atoms with van der Waals surface area (Å²) < 4.78 is 0. The Labute approximate surface area is 110 Å². The van der Waals surface area contributed by atoms with Crippen LogP contribution in [0.2, 0.25) is 0 Å². The first-order chi connectivity index (χ1) is 9.27. The van der Waals surface area contributed by atoms with Crippen LogP contribution in [0.5, 0.6) is 0 Å². The van der Waals surface area contributed by atoms with Crippen LogP contribution in [0.4, 0.5) is 0 Å². The van der Waals surface area contributed by atoms with Gasteiger partial charge in [-0.2, -0.15) is 5.10 Å². The highest BCUT2D eigenvalue weighted by molar-refractivity contribution is 5.84. The zero-order valence-electron chi connectivity index (χ0n) is 10.1. The molecular formula is C14H13N3O2. The molecule has 2 N–H and O–H groups in total. The summed E-state index contributed by atoms with van der Waals surface area (Å²) in [6.45, 7) is 0. The number of nitrogens with one attached hydrogen (secondary N) is 1. The van der Waals surface area contributed by atoms with Crippen LogP contribution in [0.25, 0.3) is 0 Å². The Balaban J connectivity index is 1.93. The van der Waals surface area contributed by atoms with E-state index in [9.17, 15) is 9.90 Å². The number of hydrogen-bond acceptors (Lipinski definition) is 4. The number of hydrogen-bond donors (Lipinski definition) is 2. The SMILES string of the molecule is O=C(N/N=C\c1ccncc1)[C@@H](O)c1ccccc1. The molecule has 0 radical (unpaired) electrons.